The average molecular weight is 718 g/mol. The van der Waals surface area contributed by atoms with Gasteiger partial charge >= 0.3 is 5.97 Å². The van der Waals surface area contributed by atoms with Crippen LogP contribution in [0, 0.1) is 0 Å². The zero-order chi connectivity index (χ0) is 33.3. The van der Waals surface area contributed by atoms with Gasteiger partial charge in [-0.05, 0) is 82.6 Å². The Morgan fingerprint density at radius 2 is 1.74 bits per heavy atom. The molecule has 5 rings (SSSR count). The molecule has 1 atom stereocenters. The van der Waals surface area contributed by atoms with Crippen LogP contribution in [0.25, 0.3) is 10.8 Å². The van der Waals surface area contributed by atoms with Gasteiger partial charge in [-0.15, -0.1) is 0 Å². The maximum absolute atomic E-state index is 12.8. The summed E-state index contributed by atoms with van der Waals surface area (Å²) < 4.78 is 23.5. The van der Waals surface area contributed by atoms with E-state index in [9.17, 15) is 9.59 Å². The van der Waals surface area contributed by atoms with Crippen molar-refractivity contribution in [2.24, 2.45) is 5.10 Å². The number of benzene rings is 4. The van der Waals surface area contributed by atoms with Gasteiger partial charge in [-0.25, -0.2) is 10.2 Å². The number of fused-ring (bicyclic) bond motifs is 1. The number of methoxy groups -OCH3 is 1. The van der Waals surface area contributed by atoms with Crippen molar-refractivity contribution in [3.8, 4) is 17.2 Å². The molecule has 0 spiro atoms. The summed E-state index contributed by atoms with van der Waals surface area (Å²) in [7, 11) is 1.56. The van der Waals surface area contributed by atoms with Crippen LogP contribution in [0.4, 0.5) is 0 Å². The fourth-order valence-electron chi connectivity index (χ4n) is 5.02. The Bertz CT molecular complexity index is 1880. The highest BCUT2D eigenvalue weighted by Gasteiger charge is 2.32. The highest BCUT2D eigenvalue weighted by molar-refractivity contribution is 9.10. The van der Waals surface area contributed by atoms with E-state index >= 15 is 0 Å². The van der Waals surface area contributed by atoms with Crippen LogP contribution in [0.3, 0.4) is 0 Å². The molecule has 4 aromatic carbocycles. The molecule has 0 unspecified atom stereocenters. The number of esters is 1. The van der Waals surface area contributed by atoms with Gasteiger partial charge in [0.25, 0.3) is 5.91 Å². The number of halogens is 1. The molecule has 0 aliphatic carbocycles. The second kappa shape index (κ2) is 15.6. The third kappa shape index (κ3) is 8.27. The predicted octanol–water partition coefficient (Wildman–Crippen LogP) is 6.07. The van der Waals surface area contributed by atoms with E-state index in [2.05, 4.69) is 61.4 Å². The van der Waals surface area contributed by atoms with E-state index in [1.807, 2.05) is 24.3 Å². The first-order chi connectivity index (χ1) is 22.8. The Morgan fingerprint density at radius 1 is 0.979 bits per heavy atom. The predicted molar refractivity (Wildman–Crippen MR) is 188 cm³/mol. The third-order valence-electron chi connectivity index (χ3n) is 7.24. The molecule has 242 valence electrons. The first-order valence-electron chi connectivity index (χ1n) is 14.7. The molecule has 4 aromatic rings. The number of allylic oxidation sites excluding steroid dienone is 1. The van der Waals surface area contributed by atoms with E-state index in [0.29, 0.717) is 55.8 Å². The van der Waals surface area contributed by atoms with Crippen molar-refractivity contribution in [3.63, 3.8) is 0 Å². The minimum absolute atomic E-state index is 0.221. The van der Waals surface area contributed by atoms with Gasteiger partial charge in [0.2, 0.25) is 0 Å². The van der Waals surface area contributed by atoms with Gasteiger partial charge in [-0.1, -0.05) is 54.6 Å². The summed E-state index contributed by atoms with van der Waals surface area (Å²) in [6, 6.07) is 24.4. The van der Waals surface area contributed by atoms with Gasteiger partial charge in [-0.2, -0.15) is 5.10 Å². The summed E-state index contributed by atoms with van der Waals surface area (Å²) in [5.41, 5.74) is 5.74. The molecule has 0 radical (unpaired) electrons. The quantitative estimate of drug-likeness (QED) is 0.0694. The van der Waals surface area contributed by atoms with Crippen molar-refractivity contribution in [1.82, 2.24) is 16.1 Å². The van der Waals surface area contributed by atoms with Gasteiger partial charge in [0.1, 0.15) is 12.4 Å². The zero-order valence-corrected chi connectivity index (χ0v) is 28.4. The summed E-state index contributed by atoms with van der Waals surface area (Å²) in [5, 5.41) is 12.8. The van der Waals surface area contributed by atoms with Crippen LogP contribution < -0.4 is 30.3 Å². The Labute approximate surface area is 286 Å². The number of thiocarbonyl (C=S) groups is 1. The summed E-state index contributed by atoms with van der Waals surface area (Å²) in [6.07, 6.45) is 1.49. The lowest BCUT2D eigenvalue weighted by atomic mass is 9.95. The van der Waals surface area contributed by atoms with Crippen LogP contribution in [-0.2, 0) is 20.9 Å². The minimum Gasteiger partial charge on any atom is -0.493 e. The standard InChI is InChI=1S/C35H33BrN4O6S/c1-4-44-34(42)32-21(2)38-35(47)39-33(32)26-11-7-8-12-28(26)46-20-31(41)40-37-18-25-16-29(43-3)30(17-27(25)36)45-19-22-13-14-23-9-5-6-10-24(23)15-22/h5-18,33H,4,19-20H2,1-3H3,(H,40,41)(H2,38,39,47)/t33-/m0/s1. The van der Waals surface area contributed by atoms with Crippen LogP contribution in [0.1, 0.15) is 36.6 Å². The number of hydrogen-bond donors (Lipinski definition) is 3. The molecule has 0 saturated heterocycles. The van der Waals surface area contributed by atoms with Crippen LogP contribution >= 0.6 is 28.1 Å². The number of carbonyl (C=O) groups excluding carboxylic acids is 2. The minimum atomic E-state index is -0.632. The van der Waals surface area contributed by atoms with Crippen molar-refractivity contribution in [3.05, 3.63) is 111 Å². The van der Waals surface area contributed by atoms with Crippen LogP contribution in [-0.4, -0.2) is 43.5 Å². The molecule has 0 aromatic heterocycles. The molecule has 1 heterocycles. The van der Waals surface area contributed by atoms with Gasteiger partial charge in [0.15, 0.2) is 23.2 Å². The van der Waals surface area contributed by atoms with Crippen LogP contribution in [0.15, 0.2) is 99.7 Å². The van der Waals surface area contributed by atoms with Crippen molar-refractivity contribution < 1.29 is 28.5 Å². The molecule has 10 nitrogen and oxygen atoms in total. The van der Waals surface area contributed by atoms with E-state index in [-0.39, 0.29) is 13.2 Å². The number of para-hydroxylation sites is 1. The van der Waals surface area contributed by atoms with E-state index in [1.165, 1.54) is 11.6 Å². The number of amides is 1. The van der Waals surface area contributed by atoms with E-state index in [1.54, 1.807) is 51.3 Å². The molecule has 3 N–H and O–H groups in total. The molecule has 47 heavy (non-hydrogen) atoms. The number of ether oxygens (including phenoxy) is 4. The van der Waals surface area contributed by atoms with Gasteiger partial charge in [0, 0.05) is 21.3 Å². The average Bonchev–Trinajstić information content (AvgIpc) is 3.07. The number of nitrogens with zero attached hydrogens (tertiary/aromatic N) is 1. The molecule has 1 amide bonds. The molecule has 12 heteroatoms. The molecule has 0 bridgehead atoms. The van der Waals surface area contributed by atoms with Crippen molar-refractivity contribution >= 4 is 62.1 Å². The number of carbonyl (C=O) groups is 2. The van der Waals surface area contributed by atoms with E-state index in [4.69, 9.17) is 31.2 Å². The Hall–Kier alpha value is -4.94. The maximum Gasteiger partial charge on any atom is 0.338 e. The fourth-order valence-corrected chi connectivity index (χ4v) is 5.71. The highest BCUT2D eigenvalue weighted by Crippen LogP contribution is 2.35. The summed E-state index contributed by atoms with van der Waals surface area (Å²) >= 11 is 8.89. The molecular formula is C35H33BrN4O6S. The van der Waals surface area contributed by atoms with Gasteiger partial charge in [0.05, 0.1) is 31.5 Å². The second-order valence-corrected chi connectivity index (χ2v) is 11.7. The number of hydrazone groups is 1. The second-order valence-electron chi connectivity index (χ2n) is 10.4. The number of rotatable bonds is 12. The Balaban J connectivity index is 1.21. The highest BCUT2D eigenvalue weighted by atomic mass is 79.9. The van der Waals surface area contributed by atoms with Crippen molar-refractivity contribution in [2.45, 2.75) is 26.5 Å². The molecule has 0 saturated carbocycles. The lowest BCUT2D eigenvalue weighted by Crippen LogP contribution is -2.45. The molecule has 0 fully saturated rings. The third-order valence-corrected chi connectivity index (χ3v) is 8.14. The monoisotopic (exact) mass is 716 g/mol. The zero-order valence-electron chi connectivity index (χ0n) is 26.0. The lowest BCUT2D eigenvalue weighted by molar-refractivity contribution is -0.139. The summed E-state index contributed by atoms with van der Waals surface area (Å²) in [4.78, 5) is 25.5. The largest absolute Gasteiger partial charge is 0.493 e. The van der Waals surface area contributed by atoms with Crippen molar-refractivity contribution in [2.75, 3.05) is 20.3 Å². The van der Waals surface area contributed by atoms with E-state index in [0.717, 1.165) is 10.9 Å². The smallest absolute Gasteiger partial charge is 0.338 e. The number of nitrogens with one attached hydrogen (secondary N) is 3. The summed E-state index contributed by atoms with van der Waals surface area (Å²) in [6.45, 7) is 3.75. The fraction of sp³-hybridized carbons (Fsp3) is 0.200. The Kier molecular flexibility index (Phi) is 11.1. The van der Waals surface area contributed by atoms with Crippen LogP contribution in [0.5, 0.6) is 17.2 Å². The number of hydrogen-bond acceptors (Lipinski definition) is 8. The van der Waals surface area contributed by atoms with Gasteiger partial charge < -0.3 is 29.6 Å². The molecule has 1 aliphatic heterocycles. The first kappa shape index (κ1) is 33.4. The van der Waals surface area contributed by atoms with E-state index < -0.39 is 17.9 Å². The molecule has 1 aliphatic rings. The first-order valence-corrected chi connectivity index (χ1v) is 15.9. The summed E-state index contributed by atoms with van der Waals surface area (Å²) in [5.74, 6) is 0.502. The van der Waals surface area contributed by atoms with Crippen LogP contribution in [0.2, 0.25) is 0 Å². The van der Waals surface area contributed by atoms with Gasteiger partial charge in [-0.3, -0.25) is 4.79 Å². The molecular weight excluding hydrogens is 684 g/mol. The topological polar surface area (TPSA) is 120 Å². The van der Waals surface area contributed by atoms with Crippen molar-refractivity contribution in [1.29, 1.82) is 0 Å². The lowest BCUT2D eigenvalue weighted by Gasteiger charge is -2.30. The SMILES string of the molecule is CCOC(=O)C1=C(C)NC(=S)N[C@H]1c1ccccc1OCC(=O)NN=Cc1cc(OC)c(OCc2ccc3ccccc3c2)cc1Br. The Morgan fingerprint density at radius 3 is 2.53 bits per heavy atom. The normalized spacial score (nSPS) is 14.4. The maximum atomic E-state index is 12.8.